The Hall–Kier alpha value is -1.64. The highest BCUT2D eigenvalue weighted by Crippen LogP contribution is 2.17. The molecule has 3 N–H and O–H groups in total. The van der Waals surface area contributed by atoms with E-state index in [-0.39, 0.29) is 24.0 Å². The average Bonchev–Trinajstić information content (AvgIpc) is 3.17. The van der Waals surface area contributed by atoms with Crippen LogP contribution in [0.5, 0.6) is 0 Å². The molecule has 3 rings (SSSR count). The first kappa shape index (κ1) is 16.7. The molecule has 0 spiro atoms. The number of para-hydroxylation sites is 1. The SMILES string of the molecule is I.NC(=NCc1ncnn1-c1ccccc1)NC1CCCC1. The summed E-state index contributed by atoms with van der Waals surface area (Å²) >= 11 is 0. The first-order valence-electron chi connectivity index (χ1n) is 7.34. The van der Waals surface area contributed by atoms with Crippen molar-refractivity contribution in [3.8, 4) is 5.69 Å². The van der Waals surface area contributed by atoms with E-state index in [1.54, 1.807) is 11.0 Å². The highest BCUT2D eigenvalue weighted by atomic mass is 127. The van der Waals surface area contributed by atoms with Gasteiger partial charge in [0.2, 0.25) is 0 Å². The molecule has 1 aliphatic carbocycles. The van der Waals surface area contributed by atoms with E-state index in [1.807, 2.05) is 30.3 Å². The number of halogens is 1. The van der Waals surface area contributed by atoms with Crippen LogP contribution in [0.4, 0.5) is 0 Å². The summed E-state index contributed by atoms with van der Waals surface area (Å²) in [6.45, 7) is 0.417. The van der Waals surface area contributed by atoms with Crippen molar-refractivity contribution in [2.45, 2.75) is 38.3 Å². The van der Waals surface area contributed by atoms with Crippen LogP contribution < -0.4 is 11.1 Å². The maximum atomic E-state index is 5.94. The van der Waals surface area contributed by atoms with Crippen LogP contribution in [0.2, 0.25) is 0 Å². The summed E-state index contributed by atoms with van der Waals surface area (Å²) in [5.74, 6) is 1.27. The lowest BCUT2D eigenvalue weighted by Gasteiger charge is -2.12. The normalized spacial score (nSPS) is 15.5. The van der Waals surface area contributed by atoms with Gasteiger partial charge in [-0.3, -0.25) is 0 Å². The van der Waals surface area contributed by atoms with E-state index < -0.39 is 0 Å². The lowest BCUT2D eigenvalue weighted by Crippen LogP contribution is -2.38. The number of rotatable bonds is 4. The number of nitrogens with one attached hydrogen (secondary N) is 1. The molecule has 22 heavy (non-hydrogen) atoms. The Bertz CT molecular complexity index is 604. The van der Waals surface area contributed by atoms with E-state index >= 15 is 0 Å². The molecule has 2 aromatic rings. The van der Waals surface area contributed by atoms with Crippen LogP contribution in [0.15, 0.2) is 41.7 Å². The number of hydrogen-bond acceptors (Lipinski definition) is 3. The third-order valence-corrected chi connectivity index (χ3v) is 3.72. The van der Waals surface area contributed by atoms with E-state index in [2.05, 4.69) is 20.4 Å². The lowest BCUT2D eigenvalue weighted by molar-refractivity contribution is 0.624. The van der Waals surface area contributed by atoms with Crippen molar-refractivity contribution in [2.24, 2.45) is 10.7 Å². The van der Waals surface area contributed by atoms with Crippen LogP contribution in [0, 0.1) is 0 Å². The molecular weight excluding hydrogens is 391 g/mol. The van der Waals surface area contributed by atoms with E-state index in [4.69, 9.17) is 5.73 Å². The topological polar surface area (TPSA) is 81.1 Å². The van der Waals surface area contributed by atoms with Gasteiger partial charge >= 0.3 is 0 Å². The number of nitrogens with two attached hydrogens (primary N) is 1. The molecule has 1 aromatic heterocycles. The summed E-state index contributed by atoms with van der Waals surface area (Å²) in [5, 5.41) is 7.51. The standard InChI is InChI=1S/C15H20N6.HI/c16-15(20-12-6-4-5-7-12)17-10-14-18-11-19-21(14)13-8-2-1-3-9-13;/h1-3,8-9,11-12H,4-7,10H2,(H3,16,17,20);1H. The van der Waals surface area contributed by atoms with Gasteiger partial charge in [-0.2, -0.15) is 5.10 Å². The minimum atomic E-state index is 0. The molecule has 1 aliphatic rings. The Morgan fingerprint density at radius 2 is 2.00 bits per heavy atom. The van der Waals surface area contributed by atoms with Gasteiger partial charge in [-0.15, -0.1) is 24.0 Å². The van der Waals surface area contributed by atoms with E-state index in [1.165, 1.54) is 25.7 Å². The second-order valence-corrected chi connectivity index (χ2v) is 5.25. The second kappa shape index (κ2) is 8.11. The van der Waals surface area contributed by atoms with Gasteiger partial charge in [-0.1, -0.05) is 31.0 Å². The van der Waals surface area contributed by atoms with Crippen LogP contribution in [-0.2, 0) is 6.54 Å². The minimum Gasteiger partial charge on any atom is -0.370 e. The van der Waals surface area contributed by atoms with Crippen molar-refractivity contribution in [2.75, 3.05) is 0 Å². The minimum absolute atomic E-state index is 0. The summed E-state index contributed by atoms with van der Waals surface area (Å²) in [4.78, 5) is 8.63. The van der Waals surface area contributed by atoms with Crippen LogP contribution in [0.25, 0.3) is 5.69 Å². The van der Waals surface area contributed by atoms with Gasteiger partial charge in [0.15, 0.2) is 11.8 Å². The fourth-order valence-electron chi connectivity index (χ4n) is 2.64. The van der Waals surface area contributed by atoms with Crippen molar-refractivity contribution in [3.05, 3.63) is 42.5 Å². The maximum Gasteiger partial charge on any atom is 0.189 e. The highest BCUT2D eigenvalue weighted by Gasteiger charge is 2.15. The molecular formula is C15H21IN6. The van der Waals surface area contributed by atoms with E-state index in [0.29, 0.717) is 18.5 Å². The number of benzene rings is 1. The van der Waals surface area contributed by atoms with E-state index in [9.17, 15) is 0 Å². The molecule has 1 saturated carbocycles. The first-order chi connectivity index (χ1) is 10.3. The largest absolute Gasteiger partial charge is 0.370 e. The molecule has 7 heteroatoms. The van der Waals surface area contributed by atoms with Crippen LogP contribution >= 0.6 is 24.0 Å². The quantitative estimate of drug-likeness (QED) is 0.459. The van der Waals surface area contributed by atoms with Gasteiger partial charge in [0, 0.05) is 6.04 Å². The summed E-state index contributed by atoms with van der Waals surface area (Å²) < 4.78 is 1.78. The maximum absolute atomic E-state index is 5.94. The number of aliphatic imine (C=N–C) groups is 1. The molecule has 0 bridgehead atoms. The van der Waals surface area contributed by atoms with Gasteiger partial charge in [0.05, 0.1) is 5.69 Å². The van der Waals surface area contributed by atoms with Crippen molar-refractivity contribution in [1.82, 2.24) is 20.1 Å². The molecule has 6 nitrogen and oxygen atoms in total. The Morgan fingerprint density at radius 3 is 2.73 bits per heavy atom. The average molecular weight is 412 g/mol. The highest BCUT2D eigenvalue weighted by molar-refractivity contribution is 14.0. The molecule has 0 atom stereocenters. The lowest BCUT2D eigenvalue weighted by atomic mass is 10.2. The van der Waals surface area contributed by atoms with E-state index in [0.717, 1.165) is 11.5 Å². The smallest absolute Gasteiger partial charge is 0.189 e. The fourth-order valence-corrected chi connectivity index (χ4v) is 2.64. The summed E-state index contributed by atoms with van der Waals surface area (Å²) in [7, 11) is 0. The molecule has 0 unspecified atom stereocenters. The number of guanidine groups is 1. The molecule has 0 radical (unpaired) electrons. The monoisotopic (exact) mass is 412 g/mol. The van der Waals surface area contributed by atoms with Gasteiger partial charge in [0.1, 0.15) is 12.9 Å². The summed E-state index contributed by atoms with van der Waals surface area (Å²) in [5.41, 5.74) is 6.91. The van der Waals surface area contributed by atoms with Crippen LogP contribution in [0.3, 0.4) is 0 Å². The molecule has 1 fully saturated rings. The molecule has 0 saturated heterocycles. The zero-order valence-electron chi connectivity index (χ0n) is 12.4. The van der Waals surface area contributed by atoms with Gasteiger partial charge in [-0.25, -0.2) is 14.7 Å². The van der Waals surface area contributed by atoms with Gasteiger partial charge in [0.25, 0.3) is 0 Å². The summed E-state index contributed by atoms with van der Waals surface area (Å²) in [6.07, 6.45) is 6.44. The second-order valence-electron chi connectivity index (χ2n) is 5.25. The van der Waals surface area contributed by atoms with Crippen molar-refractivity contribution in [1.29, 1.82) is 0 Å². The first-order valence-corrected chi connectivity index (χ1v) is 7.34. The zero-order chi connectivity index (χ0) is 14.5. The molecule has 1 aromatic carbocycles. The molecule has 1 heterocycles. The fraction of sp³-hybridized carbons (Fsp3) is 0.400. The third kappa shape index (κ3) is 4.19. The molecule has 118 valence electrons. The Kier molecular flexibility index (Phi) is 6.17. The van der Waals surface area contributed by atoms with Crippen LogP contribution in [-0.4, -0.2) is 26.8 Å². The predicted octanol–water partition coefficient (Wildman–Crippen LogP) is 2.23. The zero-order valence-corrected chi connectivity index (χ0v) is 14.7. The Labute approximate surface area is 147 Å². The third-order valence-electron chi connectivity index (χ3n) is 3.72. The Balaban J connectivity index is 0.00000176. The number of hydrogen-bond donors (Lipinski definition) is 2. The number of aromatic nitrogens is 3. The molecule has 0 aliphatic heterocycles. The van der Waals surface area contributed by atoms with Crippen molar-refractivity contribution >= 4 is 29.9 Å². The summed E-state index contributed by atoms with van der Waals surface area (Å²) in [6, 6.07) is 10.4. The Morgan fingerprint density at radius 1 is 1.27 bits per heavy atom. The number of nitrogens with zero attached hydrogens (tertiary/aromatic N) is 4. The molecule has 0 amide bonds. The van der Waals surface area contributed by atoms with Gasteiger partial charge in [-0.05, 0) is 25.0 Å². The van der Waals surface area contributed by atoms with Crippen molar-refractivity contribution in [3.63, 3.8) is 0 Å². The van der Waals surface area contributed by atoms with Crippen LogP contribution in [0.1, 0.15) is 31.5 Å². The predicted molar refractivity (Wildman–Crippen MR) is 97.5 cm³/mol. The van der Waals surface area contributed by atoms with Gasteiger partial charge < -0.3 is 11.1 Å². The van der Waals surface area contributed by atoms with Crippen molar-refractivity contribution < 1.29 is 0 Å².